The molecule has 7 nitrogen and oxygen atoms in total. The molecule has 2 heterocycles. The molecule has 0 unspecified atom stereocenters. The molecule has 32 heavy (non-hydrogen) atoms. The van der Waals surface area contributed by atoms with Crippen LogP contribution in [0.5, 0.6) is 0 Å². The maximum atomic E-state index is 12.8. The Labute approximate surface area is 191 Å². The summed E-state index contributed by atoms with van der Waals surface area (Å²) in [6.45, 7) is 7.29. The minimum absolute atomic E-state index is 0.0761. The molecule has 8 heteroatoms. The third-order valence-corrected chi connectivity index (χ3v) is 6.56. The van der Waals surface area contributed by atoms with Crippen LogP contribution in [0.1, 0.15) is 50.3 Å². The van der Waals surface area contributed by atoms with E-state index in [9.17, 15) is 9.59 Å². The molecule has 1 aliphatic rings. The maximum Gasteiger partial charge on any atom is 0.321 e. The van der Waals surface area contributed by atoms with E-state index in [-0.39, 0.29) is 17.9 Å². The molecule has 2 aromatic carbocycles. The standard InChI is InChI=1S/C24H27N5O2S/c1-15-6-8-19(9-7-15)25-21(30)23-28-27-22(32-23)18-5-4-10-29(14-18)24(31)26-20-12-16(2)11-17(3)13-20/h6-9,11-13,18H,4-5,10,14H2,1-3H3,(H,25,30)(H,26,31)/t18-/m0/s1. The number of hydrogen-bond donors (Lipinski definition) is 2. The van der Waals surface area contributed by atoms with E-state index < -0.39 is 0 Å². The molecule has 1 atom stereocenters. The first-order valence-electron chi connectivity index (χ1n) is 10.7. The molecule has 1 aliphatic heterocycles. The SMILES string of the molecule is Cc1ccc(NC(=O)c2nnc([C@H]3CCCN(C(=O)Nc4cc(C)cc(C)c4)C3)s2)cc1. The van der Waals surface area contributed by atoms with Crippen molar-refractivity contribution in [2.24, 2.45) is 0 Å². The van der Waals surface area contributed by atoms with Crippen molar-refractivity contribution in [2.75, 3.05) is 23.7 Å². The van der Waals surface area contributed by atoms with Gasteiger partial charge in [0, 0.05) is 30.4 Å². The summed E-state index contributed by atoms with van der Waals surface area (Å²) in [6.07, 6.45) is 1.80. The fourth-order valence-corrected chi connectivity index (χ4v) is 4.79. The van der Waals surface area contributed by atoms with E-state index in [4.69, 9.17) is 0 Å². The lowest BCUT2D eigenvalue weighted by Crippen LogP contribution is -2.41. The molecule has 166 valence electrons. The molecular weight excluding hydrogens is 422 g/mol. The Morgan fingerprint density at radius 3 is 2.38 bits per heavy atom. The lowest BCUT2D eigenvalue weighted by Gasteiger charge is -2.31. The molecule has 0 bridgehead atoms. The minimum Gasteiger partial charge on any atom is -0.324 e. The van der Waals surface area contributed by atoms with Crippen LogP contribution < -0.4 is 10.6 Å². The molecule has 1 saturated heterocycles. The number of rotatable bonds is 4. The van der Waals surface area contributed by atoms with Gasteiger partial charge in [0.2, 0.25) is 5.01 Å². The molecule has 0 radical (unpaired) electrons. The summed E-state index contributed by atoms with van der Waals surface area (Å²) < 4.78 is 0. The summed E-state index contributed by atoms with van der Waals surface area (Å²) in [5.74, 6) is -0.190. The number of carbonyl (C=O) groups excluding carboxylic acids is 2. The van der Waals surface area contributed by atoms with Crippen LogP contribution in [0, 0.1) is 20.8 Å². The smallest absolute Gasteiger partial charge is 0.321 e. The number of anilines is 2. The van der Waals surface area contributed by atoms with Crippen molar-refractivity contribution in [3.63, 3.8) is 0 Å². The van der Waals surface area contributed by atoms with Gasteiger partial charge >= 0.3 is 6.03 Å². The van der Waals surface area contributed by atoms with E-state index in [1.165, 1.54) is 11.3 Å². The highest BCUT2D eigenvalue weighted by Crippen LogP contribution is 2.30. The van der Waals surface area contributed by atoms with Gasteiger partial charge in [0.1, 0.15) is 5.01 Å². The van der Waals surface area contributed by atoms with E-state index in [1.807, 2.05) is 62.1 Å². The van der Waals surface area contributed by atoms with Crippen LogP contribution in [0.25, 0.3) is 0 Å². The third kappa shape index (κ3) is 5.31. The highest BCUT2D eigenvalue weighted by atomic mass is 32.1. The summed E-state index contributed by atoms with van der Waals surface area (Å²) in [4.78, 5) is 27.2. The van der Waals surface area contributed by atoms with E-state index in [0.717, 1.165) is 45.9 Å². The molecule has 1 fully saturated rings. The first kappa shape index (κ1) is 22.0. The number of carbonyl (C=O) groups is 2. The zero-order chi connectivity index (χ0) is 22.7. The molecule has 0 saturated carbocycles. The van der Waals surface area contributed by atoms with Gasteiger partial charge < -0.3 is 15.5 Å². The van der Waals surface area contributed by atoms with Gasteiger partial charge in [-0.05, 0) is 69.0 Å². The van der Waals surface area contributed by atoms with Gasteiger partial charge in [-0.2, -0.15) is 0 Å². The lowest BCUT2D eigenvalue weighted by molar-refractivity contribution is 0.102. The summed E-state index contributed by atoms with van der Waals surface area (Å²) in [6, 6.07) is 13.5. The van der Waals surface area contributed by atoms with Crippen LogP contribution in [0.15, 0.2) is 42.5 Å². The first-order chi connectivity index (χ1) is 15.4. The quantitative estimate of drug-likeness (QED) is 0.578. The van der Waals surface area contributed by atoms with Crippen molar-refractivity contribution in [3.8, 4) is 0 Å². The summed E-state index contributed by atoms with van der Waals surface area (Å²) in [5, 5.41) is 15.4. The van der Waals surface area contributed by atoms with E-state index in [0.29, 0.717) is 18.1 Å². The number of aryl methyl sites for hydroxylation is 3. The molecular formula is C24H27N5O2S. The van der Waals surface area contributed by atoms with Gasteiger partial charge in [0.15, 0.2) is 0 Å². The van der Waals surface area contributed by atoms with Gasteiger partial charge in [-0.25, -0.2) is 4.79 Å². The van der Waals surface area contributed by atoms with E-state index >= 15 is 0 Å². The maximum absolute atomic E-state index is 12.8. The number of nitrogens with one attached hydrogen (secondary N) is 2. The van der Waals surface area contributed by atoms with Crippen molar-refractivity contribution >= 4 is 34.6 Å². The Morgan fingerprint density at radius 1 is 0.938 bits per heavy atom. The number of amides is 3. The molecule has 1 aromatic heterocycles. The van der Waals surface area contributed by atoms with Crippen LogP contribution in [-0.4, -0.2) is 40.1 Å². The Bertz CT molecular complexity index is 1110. The molecule has 2 N–H and O–H groups in total. The van der Waals surface area contributed by atoms with E-state index in [1.54, 1.807) is 0 Å². The predicted octanol–water partition coefficient (Wildman–Crippen LogP) is 5.13. The Balaban J connectivity index is 1.39. The molecule has 0 aliphatic carbocycles. The zero-order valence-corrected chi connectivity index (χ0v) is 19.3. The average molecular weight is 450 g/mol. The normalized spacial score (nSPS) is 16.0. The van der Waals surface area contributed by atoms with Crippen molar-refractivity contribution in [2.45, 2.75) is 39.5 Å². The average Bonchev–Trinajstić information content (AvgIpc) is 3.25. The van der Waals surface area contributed by atoms with Crippen LogP contribution in [0.4, 0.5) is 16.2 Å². The Hall–Kier alpha value is -3.26. The number of nitrogens with zero attached hydrogens (tertiary/aromatic N) is 3. The second-order valence-electron chi connectivity index (χ2n) is 8.36. The number of urea groups is 1. The van der Waals surface area contributed by atoms with Crippen molar-refractivity contribution in [1.29, 1.82) is 0 Å². The monoisotopic (exact) mass is 449 g/mol. The molecule has 4 rings (SSSR count). The highest BCUT2D eigenvalue weighted by molar-refractivity contribution is 7.13. The van der Waals surface area contributed by atoms with Crippen molar-refractivity contribution < 1.29 is 9.59 Å². The third-order valence-electron chi connectivity index (χ3n) is 5.48. The number of hydrogen-bond acceptors (Lipinski definition) is 5. The zero-order valence-electron chi connectivity index (χ0n) is 18.5. The van der Waals surface area contributed by atoms with Gasteiger partial charge in [-0.3, -0.25) is 4.79 Å². The molecule has 3 amide bonds. The summed E-state index contributed by atoms with van der Waals surface area (Å²) in [5.41, 5.74) is 4.89. The molecule has 0 spiro atoms. The van der Waals surface area contributed by atoms with Crippen LogP contribution in [0.2, 0.25) is 0 Å². The second-order valence-corrected chi connectivity index (χ2v) is 9.37. The van der Waals surface area contributed by atoms with Crippen molar-refractivity contribution in [3.05, 3.63) is 69.2 Å². The summed E-state index contributed by atoms with van der Waals surface area (Å²) >= 11 is 1.30. The van der Waals surface area contributed by atoms with Gasteiger partial charge in [0.25, 0.3) is 5.91 Å². The predicted molar refractivity (Wildman–Crippen MR) is 128 cm³/mol. The topological polar surface area (TPSA) is 87.2 Å². The number of benzene rings is 2. The van der Waals surface area contributed by atoms with E-state index in [2.05, 4.69) is 26.9 Å². The molecule has 3 aromatic rings. The Kier molecular flexibility index (Phi) is 6.50. The Morgan fingerprint density at radius 2 is 1.66 bits per heavy atom. The van der Waals surface area contributed by atoms with Crippen molar-refractivity contribution in [1.82, 2.24) is 15.1 Å². The second kappa shape index (κ2) is 9.48. The number of likely N-dealkylation sites (tertiary alicyclic amines) is 1. The van der Waals surface area contributed by atoms with Gasteiger partial charge in [0.05, 0.1) is 0 Å². The number of piperidine rings is 1. The lowest BCUT2D eigenvalue weighted by atomic mass is 9.99. The van der Waals surface area contributed by atoms with Gasteiger partial charge in [-0.15, -0.1) is 10.2 Å². The number of aromatic nitrogens is 2. The minimum atomic E-state index is -0.266. The largest absolute Gasteiger partial charge is 0.324 e. The fraction of sp³-hybridized carbons (Fsp3) is 0.333. The summed E-state index contributed by atoms with van der Waals surface area (Å²) in [7, 11) is 0. The highest BCUT2D eigenvalue weighted by Gasteiger charge is 2.28. The van der Waals surface area contributed by atoms with Crippen LogP contribution in [0.3, 0.4) is 0 Å². The van der Waals surface area contributed by atoms with Gasteiger partial charge in [-0.1, -0.05) is 35.1 Å². The fourth-order valence-electron chi connectivity index (χ4n) is 3.93. The van der Waals surface area contributed by atoms with Crippen LogP contribution >= 0.6 is 11.3 Å². The first-order valence-corrected chi connectivity index (χ1v) is 11.5. The van der Waals surface area contributed by atoms with Crippen LogP contribution in [-0.2, 0) is 0 Å².